The van der Waals surface area contributed by atoms with E-state index in [0.717, 1.165) is 0 Å². The molecule has 0 spiro atoms. The molecule has 0 aliphatic rings. The molecule has 0 aromatic heterocycles. The van der Waals surface area contributed by atoms with Crippen LogP contribution in [-0.4, -0.2) is 18.1 Å². The molecule has 0 saturated heterocycles. The highest BCUT2D eigenvalue weighted by molar-refractivity contribution is 5.95. The van der Waals surface area contributed by atoms with Crippen molar-refractivity contribution < 1.29 is 18.7 Å². The number of benzene rings is 3. The summed E-state index contributed by atoms with van der Waals surface area (Å²) in [6, 6.07) is 20.5. The van der Waals surface area contributed by atoms with Gasteiger partial charge in [-0.3, -0.25) is 4.79 Å². The van der Waals surface area contributed by atoms with Crippen LogP contribution >= 0.6 is 0 Å². The fourth-order valence-corrected chi connectivity index (χ4v) is 2.23. The van der Waals surface area contributed by atoms with E-state index in [1.807, 2.05) is 6.07 Å². The number of hydrazone groups is 1. The van der Waals surface area contributed by atoms with E-state index in [4.69, 9.17) is 4.74 Å². The molecule has 6 heteroatoms. The molecule has 0 unspecified atom stereocenters. The summed E-state index contributed by atoms with van der Waals surface area (Å²) in [6.07, 6.45) is 1.42. The van der Waals surface area contributed by atoms with Crippen LogP contribution in [0.1, 0.15) is 26.3 Å². The lowest BCUT2D eigenvalue weighted by molar-refractivity contribution is 0.0734. The number of rotatable bonds is 5. The smallest absolute Gasteiger partial charge is 0.343 e. The van der Waals surface area contributed by atoms with Crippen LogP contribution in [-0.2, 0) is 0 Å². The molecule has 0 aliphatic heterocycles. The van der Waals surface area contributed by atoms with Crippen LogP contribution in [0.25, 0.3) is 0 Å². The number of carbonyl (C=O) groups is 2. The van der Waals surface area contributed by atoms with Gasteiger partial charge < -0.3 is 4.74 Å². The van der Waals surface area contributed by atoms with Crippen molar-refractivity contribution in [2.24, 2.45) is 5.10 Å². The third-order valence-electron chi connectivity index (χ3n) is 3.56. The molecule has 27 heavy (non-hydrogen) atoms. The predicted molar refractivity (Wildman–Crippen MR) is 99.3 cm³/mol. The Morgan fingerprint density at radius 3 is 2.37 bits per heavy atom. The first kappa shape index (κ1) is 18.0. The van der Waals surface area contributed by atoms with Gasteiger partial charge in [0.1, 0.15) is 11.6 Å². The third-order valence-corrected chi connectivity index (χ3v) is 3.56. The Morgan fingerprint density at radius 1 is 0.889 bits per heavy atom. The second-order valence-corrected chi connectivity index (χ2v) is 5.53. The zero-order valence-electron chi connectivity index (χ0n) is 14.1. The standard InChI is InChI=1S/C21H15FN2O3/c22-18-11-9-16(10-12-18)20(25)24-23-14-15-5-4-8-19(13-15)27-21(26)17-6-2-1-3-7-17/h1-14H,(H,24,25)/b23-14-. The first-order valence-corrected chi connectivity index (χ1v) is 8.08. The molecule has 5 nitrogen and oxygen atoms in total. The zero-order valence-corrected chi connectivity index (χ0v) is 14.1. The molecule has 3 rings (SSSR count). The number of hydrogen-bond acceptors (Lipinski definition) is 4. The maximum absolute atomic E-state index is 12.9. The van der Waals surface area contributed by atoms with Crippen LogP contribution in [0.5, 0.6) is 5.75 Å². The van der Waals surface area contributed by atoms with Crippen molar-refractivity contribution in [3.05, 3.63) is 101 Å². The molecule has 1 N–H and O–H groups in total. The monoisotopic (exact) mass is 362 g/mol. The number of ether oxygens (including phenoxy) is 1. The van der Waals surface area contributed by atoms with Gasteiger partial charge in [0, 0.05) is 5.56 Å². The minimum absolute atomic E-state index is 0.291. The quantitative estimate of drug-likeness (QED) is 0.325. The van der Waals surface area contributed by atoms with E-state index in [1.165, 1.54) is 30.5 Å². The highest BCUT2D eigenvalue weighted by atomic mass is 19.1. The lowest BCUT2D eigenvalue weighted by Gasteiger charge is -2.05. The lowest BCUT2D eigenvalue weighted by Crippen LogP contribution is -2.17. The van der Waals surface area contributed by atoms with Gasteiger partial charge in [-0.1, -0.05) is 30.3 Å². The van der Waals surface area contributed by atoms with Gasteiger partial charge in [-0.15, -0.1) is 0 Å². The third kappa shape index (κ3) is 5.09. The fraction of sp³-hybridized carbons (Fsp3) is 0. The first-order chi connectivity index (χ1) is 13.1. The number of esters is 1. The van der Waals surface area contributed by atoms with Gasteiger partial charge in [0.25, 0.3) is 5.91 Å². The van der Waals surface area contributed by atoms with E-state index in [9.17, 15) is 14.0 Å². The maximum atomic E-state index is 12.9. The van der Waals surface area contributed by atoms with Crippen LogP contribution in [0, 0.1) is 5.82 Å². The average Bonchev–Trinajstić information content (AvgIpc) is 2.69. The maximum Gasteiger partial charge on any atom is 0.343 e. The second-order valence-electron chi connectivity index (χ2n) is 5.53. The molecule has 1 amide bonds. The minimum atomic E-state index is -0.464. The molecular weight excluding hydrogens is 347 g/mol. The van der Waals surface area contributed by atoms with Crippen LogP contribution in [0.4, 0.5) is 4.39 Å². The van der Waals surface area contributed by atoms with Gasteiger partial charge in [-0.2, -0.15) is 5.10 Å². The summed E-state index contributed by atoms with van der Waals surface area (Å²) >= 11 is 0. The number of nitrogens with zero attached hydrogens (tertiary/aromatic N) is 1. The summed E-state index contributed by atoms with van der Waals surface area (Å²) in [7, 11) is 0. The highest BCUT2D eigenvalue weighted by Crippen LogP contribution is 2.14. The van der Waals surface area contributed by atoms with Gasteiger partial charge >= 0.3 is 5.97 Å². The van der Waals surface area contributed by atoms with E-state index < -0.39 is 17.7 Å². The van der Waals surface area contributed by atoms with Gasteiger partial charge in [-0.25, -0.2) is 14.6 Å². The van der Waals surface area contributed by atoms with Crippen molar-refractivity contribution in [3.8, 4) is 5.75 Å². The molecule has 3 aromatic rings. The molecule has 0 heterocycles. The fourth-order valence-electron chi connectivity index (χ4n) is 2.23. The second kappa shape index (κ2) is 8.53. The number of carbonyl (C=O) groups excluding carboxylic acids is 2. The summed E-state index contributed by atoms with van der Waals surface area (Å²) < 4.78 is 18.2. The Hall–Kier alpha value is -3.80. The largest absolute Gasteiger partial charge is 0.423 e. The Balaban J connectivity index is 1.61. The number of hydrogen-bond donors (Lipinski definition) is 1. The van der Waals surface area contributed by atoms with Crippen molar-refractivity contribution >= 4 is 18.1 Å². The number of nitrogens with one attached hydrogen (secondary N) is 1. The van der Waals surface area contributed by atoms with Gasteiger partial charge in [0.05, 0.1) is 11.8 Å². The summed E-state index contributed by atoms with van der Waals surface area (Å²) in [5.41, 5.74) is 3.72. The summed E-state index contributed by atoms with van der Waals surface area (Å²) in [5.74, 6) is -0.984. The molecule has 0 fully saturated rings. The summed E-state index contributed by atoms with van der Waals surface area (Å²) in [5, 5.41) is 3.86. The Bertz CT molecular complexity index is 970. The number of amides is 1. The molecule has 134 valence electrons. The van der Waals surface area contributed by atoms with Crippen molar-refractivity contribution in [3.63, 3.8) is 0 Å². The Labute approximate surface area is 155 Å². The molecular formula is C21H15FN2O3. The van der Waals surface area contributed by atoms with Crippen LogP contribution < -0.4 is 10.2 Å². The van der Waals surface area contributed by atoms with Crippen LogP contribution in [0.2, 0.25) is 0 Å². The van der Waals surface area contributed by atoms with Crippen molar-refractivity contribution in [2.45, 2.75) is 0 Å². The van der Waals surface area contributed by atoms with Crippen molar-refractivity contribution in [2.75, 3.05) is 0 Å². The molecule has 0 radical (unpaired) electrons. The van der Waals surface area contributed by atoms with Crippen molar-refractivity contribution in [1.82, 2.24) is 5.43 Å². The Kier molecular flexibility index (Phi) is 5.69. The van der Waals surface area contributed by atoms with Gasteiger partial charge in [-0.05, 0) is 54.1 Å². The molecule has 0 aliphatic carbocycles. The lowest BCUT2D eigenvalue weighted by atomic mass is 10.2. The zero-order chi connectivity index (χ0) is 19.1. The molecule has 0 saturated carbocycles. The summed E-state index contributed by atoms with van der Waals surface area (Å²) in [4.78, 5) is 24.0. The van der Waals surface area contributed by atoms with Gasteiger partial charge in [0.15, 0.2) is 0 Å². The van der Waals surface area contributed by atoms with Crippen LogP contribution in [0.3, 0.4) is 0 Å². The van der Waals surface area contributed by atoms with Gasteiger partial charge in [0.2, 0.25) is 0 Å². The molecule has 3 aromatic carbocycles. The number of halogens is 1. The van der Waals surface area contributed by atoms with E-state index >= 15 is 0 Å². The topological polar surface area (TPSA) is 67.8 Å². The van der Waals surface area contributed by atoms with Crippen molar-refractivity contribution in [1.29, 1.82) is 0 Å². The highest BCUT2D eigenvalue weighted by Gasteiger charge is 2.08. The van der Waals surface area contributed by atoms with E-state index in [2.05, 4.69) is 10.5 Å². The first-order valence-electron chi connectivity index (χ1n) is 8.08. The van der Waals surface area contributed by atoms with E-state index in [-0.39, 0.29) is 0 Å². The van der Waals surface area contributed by atoms with E-state index in [0.29, 0.717) is 22.4 Å². The molecule has 0 atom stereocenters. The van der Waals surface area contributed by atoms with E-state index in [1.54, 1.807) is 48.5 Å². The van der Waals surface area contributed by atoms with Crippen LogP contribution in [0.15, 0.2) is 84.0 Å². The SMILES string of the molecule is O=C(N/N=C\c1cccc(OC(=O)c2ccccc2)c1)c1ccc(F)cc1. The minimum Gasteiger partial charge on any atom is -0.423 e. The summed E-state index contributed by atoms with van der Waals surface area (Å²) in [6.45, 7) is 0. The molecule has 0 bridgehead atoms. The normalized spacial score (nSPS) is 10.6. The predicted octanol–water partition coefficient (Wildman–Crippen LogP) is 3.81. The average molecular weight is 362 g/mol. The Morgan fingerprint density at radius 2 is 1.63 bits per heavy atom.